The van der Waals surface area contributed by atoms with Gasteiger partial charge in [0, 0.05) is 6.04 Å². The Bertz CT molecular complexity index is 239. The molecule has 0 aromatic carbocycles. The van der Waals surface area contributed by atoms with Gasteiger partial charge in [0.05, 0.1) is 0 Å². The summed E-state index contributed by atoms with van der Waals surface area (Å²) >= 11 is 0. The normalized spacial score (nSPS) is 24.9. The fourth-order valence-electron chi connectivity index (χ4n) is 2.98. The zero-order valence-corrected chi connectivity index (χ0v) is 10.9. The smallest absolute Gasteiger partial charge is 0.0286 e. The van der Waals surface area contributed by atoms with E-state index in [0.717, 1.165) is 12.8 Å². The van der Waals surface area contributed by atoms with E-state index in [9.17, 15) is 0 Å². The maximum absolute atomic E-state index is 5.67. The number of hydrogen-bond donors (Lipinski definition) is 2. The summed E-state index contributed by atoms with van der Waals surface area (Å²) < 4.78 is 0. The molecule has 15 heavy (non-hydrogen) atoms. The van der Waals surface area contributed by atoms with Crippen molar-refractivity contribution in [2.75, 3.05) is 0 Å². The zero-order chi connectivity index (χ0) is 11.9. The van der Waals surface area contributed by atoms with Crippen molar-refractivity contribution in [3.05, 3.63) is 12.2 Å². The molecule has 1 fully saturated rings. The summed E-state index contributed by atoms with van der Waals surface area (Å²) in [5.41, 5.74) is 5.04. The number of nitrogens with one attached hydrogen (secondary N) is 1. The molecular weight excluding hydrogens is 184 g/mol. The molecule has 0 aromatic heterocycles. The quantitative estimate of drug-likeness (QED) is 0.416. The molecular formula is C13H26N2. The molecule has 0 aromatic rings. The zero-order valence-electron chi connectivity index (χ0n) is 10.9. The summed E-state index contributed by atoms with van der Waals surface area (Å²) in [6.07, 6.45) is 2.05. The van der Waals surface area contributed by atoms with Gasteiger partial charge in [-0.3, -0.25) is 11.3 Å². The van der Waals surface area contributed by atoms with Crippen LogP contribution in [0.15, 0.2) is 12.2 Å². The predicted molar refractivity (Wildman–Crippen MR) is 66.2 cm³/mol. The molecule has 0 amide bonds. The predicted octanol–water partition coefficient (Wildman–Crippen LogP) is 2.86. The van der Waals surface area contributed by atoms with Crippen molar-refractivity contribution in [1.82, 2.24) is 5.43 Å². The summed E-state index contributed by atoms with van der Waals surface area (Å²) in [5, 5.41) is 0. The highest BCUT2D eigenvalue weighted by Gasteiger charge is 2.66. The minimum Gasteiger partial charge on any atom is -0.271 e. The molecule has 0 bridgehead atoms. The topological polar surface area (TPSA) is 38.0 Å². The molecule has 0 saturated heterocycles. The number of hydrogen-bond acceptors (Lipinski definition) is 2. The second-order valence-corrected chi connectivity index (χ2v) is 6.00. The van der Waals surface area contributed by atoms with Crippen LogP contribution in [-0.4, -0.2) is 6.04 Å². The molecule has 2 heteroatoms. The highest BCUT2D eigenvalue weighted by molar-refractivity contribution is 5.17. The monoisotopic (exact) mass is 210 g/mol. The van der Waals surface area contributed by atoms with Gasteiger partial charge < -0.3 is 0 Å². The summed E-state index contributed by atoms with van der Waals surface area (Å²) in [6.45, 7) is 15.5. The van der Waals surface area contributed by atoms with Crippen molar-refractivity contribution < 1.29 is 0 Å². The molecule has 1 saturated carbocycles. The van der Waals surface area contributed by atoms with E-state index in [1.54, 1.807) is 0 Å². The van der Waals surface area contributed by atoms with Gasteiger partial charge in [0.15, 0.2) is 0 Å². The lowest BCUT2D eigenvalue weighted by atomic mass is 9.97. The highest BCUT2D eigenvalue weighted by Crippen LogP contribution is 2.70. The highest BCUT2D eigenvalue weighted by atomic mass is 15.2. The molecule has 1 atom stereocenters. The Morgan fingerprint density at radius 1 is 1.33 bits per heavy atom. The second-order valence-electron chi connectivity index (χ2n) is 6.00. The molecule has 2 nitrogen and oxygen atoms in total. The van der Waals surface area contributed by atoms with Crippen LogP contribution < -0.4 is 11.3 Å². The van der Waals surface area contributed by atoms with Gasteiger partial charge in [0.1, 0.15) is 0 Å². The summed E-state index contributed by atoms with van der Waals surface area (Å²) in [6, 6.07) is 0.377. The fraction of sp³-hybridized carbons (Fsp3) is 0.846. The van der Waals surface area contributed by atoms with E-state index < -0.39 is 0 Å². The van der Waals surface area contributed by atoms with Crippen LogP contribution in [0.1, 0.15) is 47.5 Å². The van der Waals surface area contributed by atoms with Crippen LogP contribution in [0.3, 0.4) is 0 Å². The van der Waals surface area contributed by atoms with Crippen molar-refractivity contribution >= 4 is 0 Å². The van der Waals surface area contributed by atoms with Crippen LogP contribution >= 0.6 is 0 Å². The summed E-state index contributed by atoms with van der Waals surface area (Å²) in [7, 11) is 0. The van der Waals surface area contributed by atoms with Crippen LogP contribution in [0.25, 0.3) is 0 Å². The molecule has 1 aliphatic carbocycles. The first kappa shape index (κ1) is 12.7. The molecule has 0 spiro atoms. The minimum atomic E-state index is 0.377. The third-order valence-electron chi connectivity index (χ3n) is 4.76. The van der Waals surface area contributed by atoms with Gasteiger partial charge in [0.25, 0.3) is 0 Å². The van der Waals surface area contributed by atoms with Crippen LogP contribution in [-0.2, 0) is 0 Å². The molecule has 1 aliphatic rings. The first-order chi connectivity index (χ1) is 6.79. The SMILES string of the molecule is C=C(CC)CC(NN)C1C(C)(C)C1(C)C. The Morgan fingerprint density at radius 2 is 1.80 bits per heavy atom. The fourth-order valence-corrected chi connectivity index (χ4v) is 2.98. The average molecular weight is 210 g/mol. The Hall–Kier alpha value is -0.340. The van der Waals surface area contributed by atoms with Crippen LogP contribution in [0, 0.1) is 16.7 Å². The summed E-state index contributed by atoms with van der Waals surface area (Å²) in [5.74, 6) is 6.32. The Morgan fingerprint density at radius 3 is 2.07 bits per heavy atom. The van der Waals surface area contributed by atoms with E-state index in [2.05, 4.69) is 46.6 Å². The van der Waals surface area contributed by atoms with Crippen LogP contribution in [0.5, 0.6) is 0 Å². The first-order valence-electron chi connectivity index (χ1n) is 5.91. The van der Waals surface area contributed by atoms with Crippen molar-refractivity contribution in [3.63, 3.8) is 0 Å². The van der Waals surface area contributed by atoms with E-state index in [1.807, 2.05) is 0 Å². The van der Waals surface area contributed by atoms with Gasteiger partial charge in [-0.15, -0.1) is 0 Å². The largest absolute Gasteiger partial charge is 0.271 e. The lowest BCUT2D eigenvalue weighted by Gasteiger charge is -2.19. The van der Waals surface area contributed by atoms with Gasteiger partial charge in [-0.05, 0) is 29.6 Å². The average Bonchev–Trinajstić information content (AvgIpc) is 2.54. The third-order valence-corrected chi connectivity index (χ3v) is 4.76. The van der Waals surface area contributed by atoms with Gasteiger partial charge in [0.2, 0.25) is 0 Å². The van der Waals surface area contributed by atoms with Gasteiger partial charge >= 0.3 is 0 Å². The Kier molecular flexibility index (Phi) is 3.32. The van der Waals surface area contributed by atoms with E-state index >= 15 is 0 Å². The van der Waals surface area contributed by atoms with Crippen molar-refractivity contribution in [2.45, 2.75) is 53.5 Å². The minimum absolute atomic E-state index is 0.377. The van der Waals surface area contributed by atoms with E-state index in [0.29, 0.717) is 22.8 Å². The maximum Gasteiger partial charge on any atom is 0.0286 e. The van der Waals surface area contributed by atoms with Crippen LogP contribution in [0.2, 0.25) is 0 Å². The van der Waals surface area contributed by atoms with E-state index in [1.165, 1.54) is 5.57 Å². The number of nitrogens with two attached hydrogens (primary N) is 1. The Labute approximate surface area is 94.3 Å². The molecule has 88 valence electrons. The molecule has 1 unspecified atom stereocenters. The standard InChI is InChI=1S/C13H26N2/c1-7-9(2)8-10(15-14)11-12(3,4)13(11,5)6/h10-11,15H,2,7-8,14H2,1,3-6H3. The van der Waals surface area contributed by atoms with Gasteiger partial charge in [-0.25, -0.2) is 0 Å². The van der Waals surface area contributed by atoms with Gasteiger partial charge in [-0.2, -0.15) is 0 Å². The maximum atomic E-state index is 5.67. The lowest BCUT2D eigenvalue weighted by Crippen LogP contribution is -2.38. The molecule has 1 rings (SSSR count). The first-order valence-corrected chi connectivity index (χ1v) is 5.91. The summed E-state index contributed by atoms with van der Waals surface area (Å²) in [4.78, 5) is 0. The lowest BCUT2D eigenvalue weighted by molar-refractivity contribution is 0.399. The molecule has 0 aliphatic heterocycles. The van der Waals surface area contributed by atoms with Crippen molar-refractivity contribution in [1.29, 1.82) is 0 Å². The van der Waals surface area contributed by atoms with E-state index in [4.69, 9.17) is 5.84 Å². The number of hydrazine groups is 1. The molecule has 0 heterocycles. The Balaban J connectivity index is 2.67. The van der Waals surface area contributed by atoms with E-state index in [-0.39, 0.29) is 0 Å². The number of rotatable bonds is 5. The molecule has 3 N–H and O–H groups in total. The third kappa shape index (κ3) is 1.98. The van der Waals surface area contributed by atoms with Crippen molar-refractivity contribution in [3.8, 4) is 0 Å². The molecule has 0 radical (unpaired) electrons. The second kappa shape index (κ2) is 3.91. The van der Waals surface area contributed by atoms with Crippen LogP contribution in [0.4, 0.5) is 0 Å². The van der Waals surface area contributed by atoms with Gasteiger partial charge in [-0.1, -0.05) is 46.8 Å². The van der Waals surface area contributed by atoms with Crippen molar-refractivity contribution in [2.24, 2.45) is 22.6 Å².